The molecule has 4 rings (SSSR count). The van der Waals surface area contributed by atoms with Crippen molar-refractivity contribution in [3.8, 4) is 17.4 Å². The summed E-state index contributed by atoms with van der Waals surface area (Å²) in [7, 11) is 1.49. The van der Waals surface area contributed by atoms with E-state index in [-0.39, 0.29) is 17.5 Å². The van der Waals surface area contributed by atoms with Crippen molar-refractivity contribution < 1.29 is 19.2 Å². The van der Waals surface area contributed by atoms with Crippen molar-refractivity contribution in [2.24, 2.45) is 0 Å². The van der Waals surface area contributed by atoms with Crippen molar-refractivity contribution in [1.29, 1.82) is 0 Å². The first kappa shape index (κ1) is 23.4. The van der Waals surface area contributed by atoms with Gasteiger partial charge >= 0.3 is 0 Å². The molecule has 1 fully saturated rings. The predicted octanol–water partition coefficient (Wildman–Crippen LogP) is 5.81. The molecule has 1 aliphatic heterocycles. The van der Waals surface area contributed by atoms with Crippen LogP contribution >= 0.6 is 24.0 Å². The van der Waals surface area contributed by atoms with E-state index in [1.807, 2.05) is 32.0 Å². The Hall–Kier alpha value is -3.76. The zero-order valence-corrected chi connectivity index (χ0v) is 20.1. The molecular formula is C24H19N3O5S2. The topological polar surface area (TPSA) is 94.8 Å². The fourth-order valence-electron chi connectivity index (χ4n) is 3.22. The number of benzene rings is 2. The van der Waals surface area contributed by atoms with Crippen LogP contribution in [-0.2, 0) is 4.79 Å². The number of carbonyl (C=O) groups is 1. The summed E-state index contributed by atoms with van der Waals surface area (Å²) in [5.74, 6) is 0.792. The molecule has 34 heavy (non-hydrogen) atoms. The van der Waals surface area contributed by atoms with Crippen LogP contribution in [-0.4, -0.2) is 27.2 Å². The number of rotatable bonds is 6. The van der Waals surface area contributed by atoms with Crippen LogP contribution in [0.25, 0.3) is 6.08 Å². The SMILES string of the molecule is COc1cc(/C=C2/SC(=S)N(c3ccc(C)c(C)c3)C2=O)ccc1Oc1ccc([N+](=O)[O-])cn1. The van der Waals surface area contributed by atoms with Crippen molar-refractivity contribution >= 4 is 51.7 Å². The highest BCUT2D eigenvalue weighted by molar-refractivity contribution is 8.27. The second-order valence-electron chi connectivity index (χ2n) is 7.41. The number of aryl methyl sites for hydroxylation is 2. The summed E-state index contributed by atoms with van der Waals surface area (Å²) in [6.07, 6.45) is 2.87. The molecule has 172 valence electrons. The first-order chi connectivity index (χ1) is 16.3. The Morgan fingerprint density at radius 3 is 2.53 bits per heavy atom. The van der Waals surface area contributed by atoms with Crippen molar-refractivity contribution in [3.63, 3.8) is 0 Å². The van der Waals surface area contributed by atoms with Gasteiger partial charge in [-0.25, -0.2) is 4.98 Å². The monoisotopic (exact) mass is 493 g/mol. The number of amides is 1. The van der Waals surface area contributed by atoms with Gasteiger partial charge in [-0.05, 0) is 60.9 Å². The molecule has 0 saturated carbocycles. The van der Waals surface area contributed by atoms with Gasteiger partial charge in [0.15, 0.2) is 15.8 Å². The van der Waals surface area contributed by atoms with Gasteiger partial charge in [0.2, 0.25) is 5.88 Å². The van der Waals surface area contributed by atoms with Crippen LogP contribution in [0.1, 0.15) is 16.7 Å². The summed E-state index contributed by atoms with van der Waals surface area (Å²) in [5, 5.41) is 10.8. The lowest BCUT2D eigenvalue weighted by Crippen LogP contribution is -2.27. The first-order valence-electron chi connectivity index (χ1n) is 10.1. The quantitative estimate of drug-likeness (QED) is 0.184. The molecule has 1 saturated heterocycles. The highest BCUT2D eigenvalue weighted by Crippen LogP contribution is 2.38. The molecule has 1 aliphatic rings. The van der Waals surface area contributed by atoms with E-state index in [0.717, 1.165) is 28.6 Å². The number of thioether (sulfide) groups is 1. The van der Waals surface area contributed by atoms with Crippen LogP contribution in [0.5, 0.6) is 17.4 Å². The Balaban J connectivity index is 1.57. The standard InChI is InChI=1S/C24H19N3O5S2/c1-14-4-6-17(10-15(14)2)26-23(28)21(34-24(26)33)12-16-5-8-19(20(11-16)31-3)32-22-9-7-18(13-25-22)27(29)30/h4-13H,1-3H3/b21-12+. The fraction of sp³-hybridized carbons (Fsp3) is 0.125. The molecule has 8 nitrogen and oxygen atoms in total. The minimum Gasteiger partial charge on any atom is -0.493 e. The van der Waals surface area contributed by atoms with Gasteiger partial charge in [0.25, 0.3) is 11.6 Å². The molecule has 3 aromatic rings. The van der Waals surface area contributed by atoms with E-state index in [1.54, 1.807) is 24.3 Å². The van der Waals surface area contributed by atoms with Gasteiger partial charge in [0.1, 0.15) is 6.20 Å². The van der Waals surface area contributed by atoms with E-state index in [0.29, 0.717) is 20.7 Å². The maximum Gasteiger partial charge on any atom is 0.287 e. The molecule has 2 heterocycles. The highest BCUT2D eigenvalue weighted by Gasteiger charge is 2.33. The third-order valence-electron chi connectivity index (χ3n) is 5.17. The van der Waals surface area contributed by atoms with Gasteiger partial charge in [-0.1, -0.05) is 36.1 Å². The number of carbonyl (C=O) groups excluding carboxylic acids is 1. The minimum absolute atomic E-state index is 0.132. The van der Waals surface area contributed by atoms with E-state index in [1.165, 1.54) is 35.9 Å². The van der Waals surface area contributed by atoms with E-state index in [2.05, 4.69) is 4.98 Å². The van der Waals surface area contributed by atoms with Crippen LogP contribution in [0, 0.1) is 24.0 Å². The molecule has 1 amide bonds. The third-order valence-corrected chi connectivity index (χ3v) is 6.48. The lowest BCUT2D eigenvalue weighted by molar-refractivity contribution is -0.385. The fourth-order valence-corrected chi connectivity index (χ4v) is 4.52. The molecule has 0 spiro atoms. The molecule has 0 atom stereocenters. The third kappa shape index (κ3) is 4.78. The zero-order chi connectivity index (χ0) is 24.4. The predicted molar refractivity (Wildman–Crippen MR) is 136 cm³/mol. The summed E-state index contributed by atoms with van der Waals surface area (Å²) in [4.78, 5) is 29.3. The molecule has 10 heteroatoms. The number of nitrogens with zero attached hydrogens (tertiary/aromatic N) is 3. The largest absolute Gasteiger partial charge is 0.493 e. The number of pyridine rings is 1. The van der Waals surface area contributed by atoms with Gasteiger partial charge in [-0.3, -0.25) is 19.8 Å². The van der Waals surface area contributed by atoms with Crippen LogP contribution in [0.15, 0.2) is 59.6 Å². The smallest absolute Gasteiger partial charge is 0.287 e. The van der Waals surface area contributed by atoms with E-state index < -0.39 is 4.92 Å². The number of thiocarbonyl (C=S) groups is 1. The second-order valence-corrected chi connectivity index (χ2v) is 9.09. The van der Waals surface area contributed by atoms with Gasteiger partial charge < -0.3 is 9.47 Å². The summed E-state index contributed by atoms with van der Waals surface area (Å²) in [6, 6.07) is 13.7. The molecule has 2 aromatic carbocycles. The molecule has 0 radical (unpaired) electrons. The van der Waals surface area contributed by atoms with Gasteiger partial charge in [-0.2, -0.15) is 0 Å². The van der Waals surface area contributed by atoms with Crippen molar-refractivity contribution in [1.82, 2.24) is 4.98 Å². The normalized spacial score (nSPS) is 14.6. The number of aromatic nitrogens is 1. The van der Waals surface area contributed by atoms with Gasteiger partial charge in [-0.15, -0.1) is 0 Å². The van der Waals surface area contributed by atoms with Crippen molar-refractivity contribution in [2.45, 2.75) is 13.8 Å². The first-order valence-corrected chi connectivity index (χ1v) is 11.3. The summed E-state index contributed by atoms with van der Waals surface area (Å²) >= 11 is 6.71. The molecule has 0 bridgehead atoms. The maximum absolute atomic E-state index is 13.1. The Morgan fingerprint density at radius 1 is 1.09 bits per heavy atom. The average Bonchev–Trinajstić information content (AvgIpc) is 3.09. The van der Waals surface area contributed by atoms with Crippen LogP contribution in [0.4, 0.5) is 11.4 Å². The minimum atomic E-state index is -0.533. The average molecular weight is 494 g/mol. The van der Waals surface area contributed by atoms with Gasteiger partial charge in [0.05, 0.1) is 22.6 Å². The van der Waals surface area contributed by atoms with E-state index in [4.69, 9.17) is 21.7 Å². The van der Waals surface area contributed by atoms with Crippen LogP contribution in [0.3, 0.4) is 0 Å². The molecular weight excluding hydrogens is 474 g/mol. The maximum atomic E-state index is 13.1. The lowest BCUT2D eigenvalue weighted by Gasteiger charge is -2.16. The summed E-state index contributed by atoms with van der Waals surface area (Å²) in [6.45, 7) is 4.01. The van der Waals surface area contributed by atoms with E-state index >= 15 is 0 Å². The number of hydrogen-bond acceptors (Lipinski definition) is 8. The zero-order valence-electron chi connectivity index (χ0n) is 18.5. The number of methoxy groups -OCH3 is 1. The molecule has 0 unspecified atom stereocenters. The summed E-state index contributed by atoms with van der Waals surface area (Å²) in [5.41, 5.74) is 3.56. The highest BCUT2D eigenvalue weighted by atomic mass is 32.2. The van der Waals surface area contributed by atoms with E-state index in [9.17, 15) is 14.9 Å². The number of ether oxygens (including phenoxy) is 2. The summed E-state index contributed by atoms with van der Waals surface area (Å²) < 4.78 is 11.6. The number of anilines is 1. The second kappa shape index (κ2) is 9.62. The van der Waals surface area contributed by atoms with Crippen LogP contribution in [0.2, 0.25) is 0 Å². The van der Waals surface area contributed by atoms with Crippen molar-refractivity contribution in [3.05, 3.63) is 86.4 Å². The number of hydrogen-bond donors (Lipinski definition) is 0. The van der Waals surface area contributed by atoms with Crippen LogP contribution < -0.4 is 14.4 Å². The molecule has 1 aromatic heterocycles. The Labute approximate surface area is 205 Å². The Morgan fingerprint density at radius 2 is 1.88 bits per heavy atom. The molecule has 0 N–H and O–H groups in total. The van der Waals surface area contributed by atoms with Gasteiger partial charge in [0, 0.05) is 12.1 Å². The Kier molecular flexibility index (Phi) is 6.62. The number of nitro groups is 1. The molecule has 0 aliphatic carbocycles. The van der Waals surface area contributed by atoms with Crippen molar-refractivity contribution in [2.75, 3.05) is 12.0 Å². The Bertz CT molecular complexity index is 1340. The lowest BCUT2D eigenvalue weighted by atomic mass is 10.1.